The molecular formula is C16H13N4O5S-. The molecule has 1 amide bonds. The third-order valence-corrected chi connectivity index (χ3v) is 5.03. The molecule has 0 N–H and O–H groups in total. The lowest BCUT2D eigenvalue weighted by Crippen LogP contribution is -2.24. The number of benzene rings is 1. The van der Waals surface area contributed by atoms with E-state index in [0.29, 0.717) is 15.0 Å². The number of amides is 1. The van der Waals surface area contributed by atoms with Crippen molar-refractivity contribution in [2.75, 3.05) is 14.1 Å². The number of nitrogens with zero attached hydrogens (tertiary/aromatic N) is 4. The van der Waals surface area contributed by atoms with Gasteiger partial charge in [0.05, 0.1) is 21.2 Å². The van der Waals surface area contributed by atoms with E-state index in [1.807, 2.05) is 0 Å². The van der Waals surface area contributed by atoms with E-state index in [1.54, 1.807) is 21.0 Å². The van der Waals surface area contributed by atoms with E-state index in [4.69, 9.17) is 0 Å². The van der Waals surface area contributed by atoms with Gasteiger partial charge in [0.2, 0.25) is 0 Å². The summed E-state index contributed by atoms with van der Waals surface area (Å²) in [6.45, 7) is 1.59. The summed E-state index contributed by atoms with van der Waals surface area (Å²) in [6.07, 6.45) is 0. The van der Waals surface area contributed by atoms with Crippen molar-refractivity contribution in [2.24, 2.45) is 0 Å². The Morgan fingerprint density at radius 1 is 1.31 bits per heavy atom. The van der Waals surface area contributed by atoms with Gasteiger partial charge in [-0.1, -0.05) is 12.1 Å². The Hall–Kier alpha value is -3.27. The van der Waals surface area contributed by atoms with Gasteiger partial charge in [-0.25, -0.2) is 4.98 Å². The molecule has 10 heteroatoms. The Morgan fingerprint density at radius 2 is 1.96 bits per heavy atom. The first-order valence-corrected chi connectivity index (χ1v) is 8.24. The molecule has 0 saturated heterocycles. The van der Waals surface area contributed by atoms with Gasteiger partial charge in [0.1, 0.15) is 10.5 Å². The van der Waals surface area contributed by atoms with Crippen LogP contribution in [0, 0.1) is 17.0 Å². The minimum Gasteiger partial charge on any atom is -0.845 e. The van der Waals surface area contributed by atoms with Crippen LogP contribution >= 0.6 is 11.3 Å². The molecule has 0 aliphatic carbocycles. The van der Waals surface area contributed by atoms with Crippen molar-refractivity contribution < 1.29 is 14.8 Å². The molecule has 3 aromatic rings. The number of hydrogen-bond acceptors (Lipinski definition) is 7. The number of para-hydroxylation sites is 2. The molecule has 0 aliphatic rings. The van der Waals surface area contributed by atoms with Crippen molar-refractivity contribution >= 4 is 33.1 Å². The van der Waals surface area contributed by atoms with E-state index in [2.05, 4.69) is 4.98 Å². The molecule has 134 valence electrons. The zero-order valence-corrected chi connectivity index (χ0v) is 14.9. The number of carbonyl (C=O) groups excluding carboxylic acids is 1. The SMILES string of the molecule is Cc1c(C(=O)N(C)C)sc2nc([O-])n(-c3ccccc3[N+](=O)[O-])c(=O)c12. The van der Waals surface area contributed by atoms with Gasteiger partial charge in [0, 0.05) is 20.2 Å². The maximum atomic E-state index is 12.9. The summed E-state index contributed by atoms with van der Waals surface area (Å²) < 4.78 is 0.671. The molecule has 0 saturated carbocycles. The van der Waals surface area contributed by atoms with Crippen LogP contribution in [0.2, 0.25) is 0 Å². The molecule has 0 aliphatic heterocycles. The molecule has 2 heterocycles. The summed E-state index contributed by atoms with van der Waals surface area (Å²) in [5.74, 6) is -0.311. The smallest absolute Gasteiger partial charge is 0.293 e. The average molecular weight is 373 g/mol. The average Bonchev–Trinajstić information content (AvgIpc) is 2.90. The van der Waals surface area contributed by atoms with E-state index in [1.165, 1.54) is 29.2 Å². The van der Waals surface area contributed by atoms with Crippen LogP contribution in [0.3, 0.4) is 0 Å². The largest absolute Gasteiger partial charge is 0.845 e. The Bertz CT molecular complexity index is 1120. The molecule has 9 nitrogen and oxygen atoms in total. The summed E-state index contributed by atoms with van der Waals surface area (Å²) in [5.41, 5.74) is -0.882. The van der Waals surface area contributed by atoms with Gasteiger partial charge in [0.25, 0.3) is 17.2 Å². The number of nitro groups is 1. The summed E-state index contributed by atoms with van der Waals surface area (Å²) in [5, 5.41) is 23.7. The molecule has 0 fully saturated rings. The van der Waals surface area contributed by atoms with Crippen LogP contribution in [0.25, 0.3) is 15.9 Å². The Morgan fingerprint density at radius 3 is 2.58 bits per heavy atom. The van der Waals surface area contributed by atoms with Gasteiger partial charge in [-0.2, -0.15) is 0 Å². The first kappa shape index (κ1) is 17.5. The first-order chi connectivity index (χ1) is 12.2. The maximum Gasteiger partial charge on any atom is 0.293 e. The highest BCUT2D eigenvalue weighted by atomic mass is 32.1. The number of aromatic nitrogens is 2. The third kappa shape index (κ3) is 2.60. The quantitative estimate of drug-likeness (QED) is 0.506. The fraction of sp³-hybridized carbons (Fsp3) is 0.188. The van der Waals surface area contributed by atoms with E-state index in [0.717, 1.165) is 11.3 Å². The zero-order valence-electron chi connectivity index (χ0n) is 14.0. The molecule has 2 aromatic heterocycles. The molecule has 3 rings (SSSR count). The monoisotopic (exact) mass is 373 g/mol. The third-order valence-electron chi connectivity index (χ3n) is 3.85. The Labute approximate surface area is 150 Å². The van der Waals surface area contributed by atoms with Crippen LogP contribution in [-0.2, 0) is 0 Å². The van der Waals surface area contributed by atoms with Crippen molar-refractivity contribution in [3.8, 4) is 11.7 Å². The molecule has 26 heavy (non-hydrogen) atoms. The normalized spacial score (nSPS) is 10.9. The Balaban J connectivity index is 2.37. The van der Waals surface area contributed by atoms with Crippen molar-refractivity contribution in [3.05, 3.63) is 55.2 Å². The van der Waals surface area contributed by atoms with E-state index in [9.17, 15) is 24.8 Å². The minimum absolute atomic E-state index is 0.109. The highest BCUT2D eigenvalue weighted by Gasteiger charge is 2.23. The maximum absolute atomic E-state index is 12.9. The van der Waals surface area contributed by atoms with Gasteiger partial charge in [-0.15, -0.1) is 11.3 Å². The summed E-state index contributed by atoms with van der Waals surface area (Å²) in [4.78, 5) is 41.4. The highest BCUT2D eigenvalue weighted by molar-refractivity contribution is 7.20. The molecule has 0 unspecified atom stereocenters. The predicted octanol–water partition coefficient (Wildman–Crippen LogP) is 1.44. The van der Waals surface area contributed by atoms with Crippen LogP contribution < -0.4 is 10.7 Å². The Kier molecular flexibility index (Phi) is 4.20. The second-order valence-electron chi connectivity index (χ2n) is 5.72. The molecule has 1 aromatic carbocycles. The lowest BCUT2D eigenvalue weighted by Gasteiger charge is -2.15. The predicted molar refractivity (Wildman–Crippen MR) is 94.1 cm³/mol. The lowest BCUT2D eigenvalue weighted by atomic mass is 10.2. The number of thiophene rings is 1. The van der Waals surface area contributed by atoms with E-state index < -0.39 is 16.5 Å². The fourth-order valence-electron chi connectivity index (χ4n) is 2.59. The molecule has 0 atom stereocenters. The van der Waals surface area contributed by atoms with Gasteiger partial charge in [0.15, 0.2) is 0 Å². The highest BCUT2D eigenvalue weighted by Crippen LogP contribution is 2.30. The van der Waals surface area contributed by atoms with Crippen molar-refractivity contribution in [2.45, 2.75) is 6.92 Å². The topological polar surface area (TPSA) is 121 Å². The van der Waals surface area contributed by atoms with E-state index in [-0.39, 0.29) is 27.5 Å². The van der Waals surface area contributed by atoms with Crippen molar-refractivity contribution in [1.29, 1.82) is 0 Å². The van der Waals surface area contributed by atoms with Crippen LogP contribution in [0.5, 0.6) is 6.01 Å². The zero-order chi connectivity index (χ0) is 19.2. The number of aryl methyl sites for hydroxylation is 1. The summed E-state index contributed by atoms with van der Waals surface area (Å²) in [6, 6.07) is 4.50. The standard InChI is InChI=1S/C16H14N4O5S/c1-8-11-13(26-12(8)15(22)18(2)3)17-16(23)19(14(11)21)9-6-4-5-7-10(9)20(24)25/h4-7H,1-3H3,(H,17,23)/p-1. The fourth-order valence-corrected chi connectivity index (χ4v) is 3.78. The van der Waals surface area contributed by atoms with Crippen LogP contribution in [-0.4, -0.2) is 39.4 Å². The number of fused-ring (bicyclic) bond motifs is 1. The molecule has 0 spiro atoms. The van der Waals surface area contributed by atoms with Crippen LogP contribution in [0.1, 0.15) is 15.2 Å². The number of rotatable bonds is 3. The van der Waals surface area contributed by atoms with Gasteiger partial charge < -0.3 is 10.0 Å². The molecule has 0 radical (unpaired) electrons. The molecule has 0 bridgehead atoms. The van der Waals surface area contributed by atoms with Gasteiger partial charge >= 0.3 is 0 Å². The number of hydrogen-bond donors (Lipinski definition) is 0. The van der Waals surface area contributed by atoms with Crippen molar-refractivity contribution in [3.63, 3.8) is 0 Å². The van der Waals surface area contributed by atoms with Gasteiger partial charge in [-0.3, -0.25) is 24.3 Å². The first-order valence-electron chi connectivity index (χ1n) is 7.42. The molecular weight excluding hydrogens is 360 g/mol. The second-order valence-corrected chi connectivity index (χ2v) is 6.72. The van der Waals surface area contributed by atoms with Crippen LogP contribution in [0.4, 0.5) is 5.69 Å². The van der Waals surface area contributed by atoms with E-state index >= 15 is 0 Å². The van der Waals surface area contributed by atoms with Gasteiger partial charge in [-0.05, 0) is 18.6 Å². The van der Waals surface area contributed by atoms with Crippen molar-refractivity contribution in [1.82, 2.24) is 14.5 Å². The minimum atomic E-state index is -0.929. The second kappa shape index (κ2) is 6.23. The lowest BCUT2D eigenvalue weighted by molar-refractivity contribution is -0.384. The van der Waals surface area contributed by atoms with Crippen LogP contribution in [0.15, 0.2) is 29.1 Å². The summed E-state index contributed by atoms with van der Waals surface area (Å²) >= 11 is 0.954. The number of carbonyl (C=O) groups is 1. The number of nitro benzene ring substituents is 1. The summed E-state index contributed by atoms with van der Waals surface area (Å²) in [7, 11) is 3.15.